The fourth-order valence-corrected chi connectivity index (χ4v) is 4.88. The van der Waals surface area contributed by atoms with E-state index in [9.17, 15) is 4.79 Å². The summed E-state index contributed by atoms with van der Waals surface area (Å²) in [5.41, 5.74) is 1.87. The van der Waals surface area contributed by atoms with Gasteiger partial charge in [-0.05, 0) is 55.3 Å². The molecule has 0 radical (unpaired) electrons. The molecule has 5 rings (SSSR count). The van der Waals surface area contributed by atoms with Crippen LogP contribution < -0.4 is 19.5 Å². The number of carbonyl (C=O) groups excluding carboxylic acids is 1. The van der Waals surface area contributed by atoms with E-state index in [1.165, 1.54) is 5.56 Å². The maximum atomic E-state index is 13.5. The van der Waals surface area contributed by atoms with Crippen LogP contribution in [0.4, 0.5) is 0 Å². The molecule has 2 saturated heterocycles. The second kappa shape index (κ2) is 7.59. The van der Waals surface area contributed by atoms with Gasteiger partial charge in [0.2, 0.25) is 0 Å². The number of methoxy groups -OCH3 is 1. The Morgan fingerprint density at radius 1 is 1.14 bits per heavy atom. The minimum absolute atomic E-state index is 0.0612. The number of nitrogens with zero attached hydrogens (tertiary/aromatic N) is 1. The molecule has 3 atom stereocenters. The van der Waals surface area contributed by atoms with Crippen molar-refractivity contribution in [3.05, 3.63) is 53.6 Å². The average molecular weight is 394 g/mol. The second-order valence-electron chi connectivity index (χ2n) is 7.89. The number of hydrogen-bond donors (Lipinski definition) is 1. The van der Waals surface area contributed by atoms with Crippen molar-refractivity contribution in [2.75, 3.05) is 33.4 Å². The van der Waals surface area contributed by atoms with Gasteiger partial charge in [0.1, 0.15) is 19.0 Å². The van der Waals surface area contributed by atoms with E-state index in [-0.39, 0.29) is 23.9 Å². The van der Waals surface area contributed by atoms with Crippen molar-refractivity contribution >= 4 is 5.91 Å². The van der Waals surface area contributed by atoms with Crippen LogP contribution in [0, 0.1) is 0 Å². The number of likely N-dealkylation sites (tertiary alicyclic amines) is 1. The molecule has 0 aliphatic carbocycles. The van der Waals surface area contributed by atoms with Gasteiger partial charge in [0.15, 0.2) is 11.5 Å². The first-order valence-electron chi connectivity index (χ1n) is 10.3. The van der Waals surface area contributed by atoms with E-state index in [4.69, 9.17) is 14.2 Å². The summed E-state index contributed by atoms with van der Waals surface area (Å²) in [5.74, 6) is 2.53. The lowest BCUT2D eigenvalue weighted by Gasteiger charge is -2.33. The van der Waals surface area contributed by atoms with E-state index >= 15 is 0 Å². The van der Waals surface area contributed by atoms with Gasteiger partial charge in [0, 0.05) is 30.1 Å². The molecule has 0 saturated carbocycles. The van der Waals surface area contributed by atoms with Gasteiger partial charge >= 0.3 is 0 Å². The molecular formula is C23H26N2O4. The smallest absolute Gasteiger partial charge is 0.254 e. The predicted octanol–water partition coefficient (Wildman–Crippen LogP) is 2.83. The van der Waals surface area contributed by atoms with Gasteiger partial charge in [-0.2, -0.15) is 0 Å². The monoisotopic (exact) mass is 394 g/mol. The zero-order chi connectivity index (χ0) is 19.8. The molecule has 152 valence electrons. The Kier molecular flexibility index (Phi) is 4.79. The van der Waals surface area contributed by atoms with Crippen molar-refractivity contribution in [1.82, 2.24) is 10.2 Å². The maximum Gasteiger partial charge on any atom is 0.254 e. The SMILES string of the molecule is COc1cccc([C@H]2CN(C(=O)c3ccc4c(c3)OCCO4)[C@@H]3CCCN[C@H]23)c1. The molecule has 0 bridgehead atoms. The second-order valence-corrected chi connectivity index (χ2v) is 7.89. The Morgan fingerprint density at radius 3 is 2.86 bits per heavy atom. The zero-order valence-corrected chi connectivity index (χ0v) is 16.6. The van der Waals surface area contributed by atoms with Gasteiger partial charge < -0.3 is 24.4 Å². The van der Waals surface area contributed by atoms with Crippen molar-refractivity contribution in [1.29, 1.82) is 0 Å². The number of ether oxygens (including phenoxy) is 3. The topological polar surface area (TPSA) is 60.0 Å². The summed E-state index contributed by atoms with van der Waals surface area (Å²) in [6, 6.07) is 14.2. The molecule has 6 nitrogen and oxygen atoms in total. The molecule has 1 N–H and O–H groups in total. The van der Waals surface area contributed by atoms with Crippen molar-refractivity contribution in [2.24, 2.45) is 0 Å². The van der Waals surface area contributed by atoms with E-state index in [2.05, 4.69) is 17.4 Å². The number of amides is 1. The molecule has 0 unspecified atom stereocenters. The van der Waals surface area contributed by atoms with Gasteiger partial charge in [-0.25, -0.2) is 0 Å². The normalized spacial score (nSPS) is 25.4. The van der Waals surface area contributed by atoms with Crippen molar-refractivity contribution in [3.8, 4) is 17.2 Å². The molecule has 3 heterocycles. The molecule has 2 aromatic rings. The molecule has 29 heavy (non-hydrogen) atoms. The van der Waals surface area contributed by atoms with Crippen LogP contribution in [0.25, 0.3) is 0 Å². The Labute approximate surface area is 170 Å². The number of nitrogens with one attached hydrogen (secondary N) is 1. The van der Waals surface area contributed by atoms with E-state index < -0.39 is 0 Å². The predicted molar refractivity (Wildman–Crippen MR) is 109 cm³/mol. The maximum absolute atomic E-state index is 13.5. The molecule has 6 heteroatoms. The number of rotatable bonds is 3. The van der Waals surface area contributed by atoms with Crippen LogP contribution in [0.5, 0.6) is 17.2 Å². The van der Waals surface area contributed by atoms with Gasteiger partial charge in [0.05, 0.1) is 7.11 Å². The summed E-state index contributed by atoms with van der Waals surface area (Å²) in [6.45, 7) is 2.75. The van der Waals surface area contributed by atoms with Gasteiger partial charge in [0.25, 0.3) is 5.91 Å². The number of benzene rings is 2. The third-order valence-electron chi connectivity index (χ3n) is 6.27. The highest BCUT2D eigenvalue weighted by Gasteiger charge is 2.45. The van der Waals surface area contributed by atoms with Crippen LogP contribution in [0.15, 0.2) is 42.5 Å². The van der Waals surface area contributed by atoms with Crippen LogP contribution in [-0.2, 0) is 0 Å². The molecule has 2 fully saturated rings. The third kappa shape index (κ3) is 3.31. The van der Waals surface area contributed by atoms with Crippen molar-refractivity contribution < 1.29 is 19.0 Å². The van der Waals surface area contributed by atoms with Crippen molar-refractivity contribution in [2.45, 2.75) is 30.8 Å². The summed E-state index contributed by atoms with van der Waals surface area (Å²) >= 11 is 0. The lowest BCUT2D eigenvalue weighted by molar-refractivity contribution is 0.0704. The molecule has 3 aliphatic rings. The minimum atomic E-state index is 0.0612. The quantitative estimate of drug-likeness (QED) is 0.868. The molecule has 0 spiro atoms. The van der Waals surface area contributed by atoms with Crippen LogP contribution in [-0.4, -0.2) is 56.3 Å². The fourth-order valence-electron chi connectivity index (χ4n) is 4.88. The molecule has 2 aromatic carbocycles. The van der Waals surface area contributed by atoms with E-state index in [1.807, 2.05) is 35.2 Å². The lowest BCUT2D eigenvalue weighted by Crippen LogP contribution is -2.49. The molecular weight excluding hydrogens is 368 g/mol. The summed E-state index contributed by atoms with van der Waals surface area (Å²) in [7, 11) is 1.69. The number of carbonyl (C=O) groups is 1. The summed E-state index contributed by atoms with van der Waals surface area (Å²) in [6.07, 6.45) is 2.10. The zero-order valence-electron chi connectivity index (χ0n) is 16.6. The highest BCUT2D eigenvalue weighted by atomic mass is 16.6. The number of piperidine rings is 1. The first-order chi connectivity index (χ1) is 14.2. The van der Waals surface area contributed by atoms with Crippen LogP contribution in [0.1, 0.15) is 34.7 Å². The Hall–Kier alpha value is -2.73. The van der Waals surface area contributed by atoms with Crippen LogP contribution in [0.3, 0.4) is 0 Å². The highest BCUT2D eigenvalue weighted by molar-refractivity contribution is 5.95. The van der Waals surface area contributed by atoms with Gasteiger partial charge in [-0.3, -0.25) is 4.79 Å². The summed E-state index contributed by atoms with van der Waals surface area (Å²) in [4.78, 5) is 15.5. The first kappa shape index (κ1) is 18.3. The Bertz CT molecular complexity index is 916. The van der Waals surface area contributed by atoms with Crippen LogP contribution in [0.2, 0.25) is 0 Å². The van der Waals surface area contributed by atoms with E-state index in [1.54, 1.807) is 7.11 Å². The van der Waals surface area contributed by atoms with E-state index in [0.717, 1.165) is 25.1 Å². The third-order valence-corrected chi connectivity index (χ3v) is 6.27. The molecule has 3 aliphatic heterocycles. The Morgan fingerprint density at radius 2 is 2.00 bits per heavy atom. The standard InChI is InChI=1S/C23H26N2O4/c1-27-17-5-2-4-15(12-17)18-14-25(19-6-3-9-24-22(18)19)23(26)16-7-8-20-21(13-16)29-11-10-28-20/h2,4-5,7-8,12-13,18-19,22,24H,3,6,9-11,14H2,1H3/t18-,19-,22-/m1/s1. The highest BCUT2D eigenvalue weighted by Crippen LogP contribution is 2.39. The van der Waals surface area contributed by atoms with Gasteiger partial charge in [-0.15, -0.1) is 0 Å². The number of fused-ring (bicyclic) bond motifs is 2. The molecule has 1 amide bonds. The minimum Gasteiger partial charge on any atom is -0.497 e. The largest absolute Gasteiger partial charge is 0.497 e. The number of hydrogen-bond acceptors (Lipinski definition) is 5. The molecule has 0 aromatic heterocycles. The summed E-state index contributed by atoms with van der Waals surface area (Å²) < 4.78 is 16.7. The van der Waals surface area contributed by atoms with E-state index in [0.29, 0.717) is 36.8 Å². The van der Waals surface area contributed by atoms with Crippen LogP contribution >= 0.6 is 0 Å². The first-order valence-corrected chi connectivity index (χ1v) is 10.3. The van der Waals surface area contributed by atoms with Crippen molar-refractivity contribution in [3.63, 3.8) is 0 Å². The van der Waals surface area contributed by atoms with Gasteiger partial charge in [-0.1, -0.05) is 12.1 Å². The lowest BCUT2D eigenvalue weighted by atomic mass is 9.87. The fraction of sp³-hybridized carbons (Fsp3) is 0.435. The summed E-state index contributed by atoms with van der Waals surface area (Å²) in [5, 5.41) is 3.67. The Balaban J connectivity index is 1.44. The average Bonchev–Trinajstić information content (AvgIpc) is 3.18.